The van der Waals surface area contributed by atoms with Gasteiger partial charge >= 0.3 is 0 Å². The van der Waals surface area contributed by atoms with E-state index in [1.165, 1.54) is 30.4 Å². The van der Waals surface area contributed by atoms with Crippen LogP contribution < -0.4 is 0 Å². The Morgan fingerprint density at radius 3 is 2.47 bits per heavy atom. The van der Waals surface area contributed by atoms with Gasteiger partial charge in [-0.05, 0) is 49.7 Å². The number of ether oxygens (including phenoxy) is 1. The van der Waals surface area contributed by atoms with Crippen molar-refractivity contribution in [2.24, 2.45) is 5.92 Å². The molecule has 0 bridgehead atoms. The molecule has 1 aromatic rings. The highest BCUT2D eigenvalue weighted by atomic mass is 35.5. The summed E-state index contributed by atoms with van der Waals surface area (Å²) in [6.45, 7) is 5.11. The quantitative estimate of drug-likeness (QED) is 0.630. The zero-order chi connectivity index (χ0) is 13.7. The molecule has 1 aliphatic rings. The molecule has 0 heterocycles. The van der Waals surface area contributed by atoms with Crippen LogP contribution >= 0.6 is 11.6 Å². The molecule has 0 aromatic heterocycles. The van der Waals surface area contributed by atoms with Crippen LogP contribution in [0.2, 0.25) is 0 Å². The minimum atomic E-state index is 0.156. The Balaban J connectivity index is 1.78. The molecule has 1 aliphatic carbocycles. The van der Waals surface area contributed by atoms with Gasteiger partial charge in [0.1, 0.15) is 0 Å². The zero-order valence-electron chi connectivity index (χ0n) is 12.1. The van der Waals surface area contributed by atoms with Crippen LogP contribution in [0.5, 0.6) is 0 Å². The second-order valence-electron chi connectivity index (χ2n) is 5.61. The lowest BCUT2D eigenvalue weighted by Gasteiger charge is -2.36. The Labute approximate surface area is 122 Å². The van der Waals surface area contributed by atoms with Crippen LogP contribution in [0.3, 0.4) is 0 Å². The highest BCUT2D eigenvalue weighted by molar-refractivity contribution is 6.20. The molecule has 0 aliphatic heterocycles. The van der Waals surface area contributed by atoms with Gasteiger partial charge in [0.25, 0.3) is 0 Å². The van der Waals surface area contributed by atoms with Gasteiger partial charge in [0.2, 0.25) is 0 Å². The number of hydrogen-bond donors (Lipinski definition) is 0. The number of alkyl halides is 1. The molecule has 0 spiro atoms. The van der Waals surface area contributed by atoms with Crippen molar-refractivity contribution in [1.82, 2.24) is 0 Å². The Morgan fingerprint density at radius 2 is 1.89 bits per heavy atom. The first-order chi connectivity index (χ1) is 9.22. The fourth-order valence-electron chi connectivity index (χ4n) is 2.85. The summed E-state index contributed by atoms with van der Waals surface area (Å²) >= 11 is 6.53. The lowest BCUT2D eigenvalue weighted by Crippen LogP contribution is -2.31. The van der Waals surface area contributed by atoms with Crippen molar-refractivity contribution in [2.75, 3.05) is 6.61 Å². The number of rotatable bonds is 7. The number of benzene rings is 1. The summed E-state index contributed by atoms with van der Waals surface area (Å²) in [5.41, 5.74) is 2.68. The van der Waals surface area contributed by atoms with E-state index in [1.807, 2.05) is 0 Å². The van der Waals surface area contributed by atoms with E-state index >= 15 is 0 Å². The normalized spacial score (nSPS) is 23.9. The maximum Gasteiger partial charge on any atom is 0.0587 e. The van der Waals surface area contributed by atoms with Crippen molar-refractivity contribution in [3.05, 3.63) is 35.4 Å². The molecule has 1 saturated carbocycles. The standard InChI is InChI=1S/C17H25ClO/c1-3-5-13-6-8-15(9-7-13)17(18)12-14-10-16(11-14)19-4-2/h6-9,14,16-17H,3-5,10-12H2,1-2H3. The number of halogens is 1. The van der Waals surface area contributed by atoms with Crippen LogP contribution in [-0.2, 0) is 11.2 Å². The summed E-state index contributed by atoms with van der Waals surface area (Å²) in [5, 5.41) is 0.156. The molecule has 1 unspecified atom stereocenters. The predicted molar refractivity (Wildman–Crippen MR) is 81.8 cm³/mol. The molecule has 106 valence electrons. The van der Waals surface area contributed by atoms with Gasteiger partial charge in [-0.25, -0.2) is 0 Å². The lowest BCUT2D eigenvalue weighted by molar-refractivity contribution is -0.0267. The third kappa shape index (κ3) is 4.22. The number of aryl methyl sites for hydroxylation is 1. The van der Waals surface area contributed by atoms with Crippen LogP contribution in [-0.4, -0.2) is 12.7 Å². The minimum absolute atomic E-state index is 0.156. The molecular weight excluding hydrogens is 256 g/mol. The first-order valence-electron chi connectivity index (χ1n) is 7.57. The van der Waals surface area contributed by atoms with E-state index in [4.69, 9.17) is 16.3 Å². The van der Waals surface area contributed by atoms with Crippen LogP contribution in [0, 0.1) is 5.92 Å². The molecule has 19 heavy (non-hydrogen) atoms. The van der Waals surface area contributed by atoms with Gasteiger partial charge in [0, 0.05) is 6.61 Å². The lowest BCUT2D eigenvalue weighted by atomic mass is 9.78. The number of hydrogen-bond acceptors (Lipinski definition) is 1. The molecule has 2 heteroatoms. The highest BCUT2D eigenvalue weighted by Crippen LogP contribution is 2.39. The van der Waals surface area contributed by atoms with E-state index in [0.717, 1.165) is 25.4 Å². The predicted octanol–water partition coefficient (Wildman–Crippen LogP) is 5.12. The summed E-state index contributed by atoms with van der Waals surface area (Å²) < 4.78 is 5.59. The molecule has 1 fully saturated rings. The van der Waals surface area contributed by atoms with E-state index < -0.39 is 0 Å². The van der Waals surface area contributed by atoms with Crippen molar-refractivity contribution < 1.29 is 4.74 Å². The fraction of sp³-hybridized carbons (Fsp3) is 0.647. The summed E-state index contributed by atoms with van der Waals surface area (Å²) in [5.74, 6) is 0.745. The molecule has 1 atom stereocenters. The molecule has 1 aromatic carbocycles. The van der Waals surface area contributed by atoms with E-state index in [9.17, 15) is 0 Å². The van der Waals surface area contributed by atoms with Gasteiger partial charge in [0.05, 0.1) is 11.5 Å². The third-order valence-electron chi connectivity index (χ3n) is 4.02. The molecule has 2 rings (SSSR count). The summed E-state index contributed by atoms with van der Waals surface area (Å²) in [6, 6.07) is 8.83. The second-order valence-corrected chi connectivity index (χ2v) is 6.14. The average molecular weight is 281 g/mol. The molecule has 0 saturated heterocycles. The Hall–Kier alpha value is -0.530. The van der Waals surface area contributed by atoms with Gasteiger partial charge in [-0.3, -0.25) is 0 Å². The first-order valence-corrected chi connectivity index (χ1v) is 8.01. The van der Waals surface area contributed by atoms with Crippen LogP contribution in [0.15, 0.2) is 24.3 Å². The van der Waals surface area contributed by atoms with Crippen molar-refractivity contribution in [3.8, 4) is 0 Å². The Morgan fingerprint density at radius 1 is 1.21 bits per heavy atom. The summed E-state index contributed by atoms with van der Waals surface area (Å²) in [7, 11) is 0. The maximum atomic E-state index is 6.53. The topological polar surface area (TPSA) is 9.23 Å². The van der Waals surface area contributed by atoms with Crippen LogP contribution in [0.4, 0.5) is 0 Å². The van der Waals surface area contributed by atoms with E-state index in [0.29, 0.717) is 6.10 Å². The molecule has 0 N–H and O–H groups in total. The first kappa shape index (κ1) is 14.9. The van der Waals surface area contributed by atoms with Crippen molar-refractivity contribution >= 4 is 11.6 Å². The van der Waals surface area contributed by atoms with Gasteiger partial charge in [-0.2, -0.15) is 0 Å². The van der Waals surface area contributed by atoms with E-state index in [-0.39, 0.29) is 5.38 Å². The van der Waals surface area contributed by atoms with E-state index in [2.05, 4.69) is 38.1 Å². The third-order valence-corrected chi connectivity index (χ3v) is 4.45. The van der Waals surface area contributed by atoms with Crippen molar-refractivity contribution in [3.63, 3.8) is 0 Å². The van der Waals surface area contributed by atoms with E-state index in [1.54, 1.807) is 0 Å². The van der Waals surface area contributed by atoms with Crippen molar-refractivity contribution in [1.29, 1.82) is 0 Å². The Kier molecular flexibility index (Phi) is 5.72. The summed E-state index contributed by atoms with van der Waals surface area (Å²) in [6.07, 6.45) is 6.30. The van der Waals surface area contributed by atoms with Crippen molar-refractivity contribution in [2.45, 2.75) is 57.4 Å². The minimum Gasteiger partial charge on any atom is -0.378 e. The monoisotopic (exact) mass is 280 g/mol. The van der Waals surface area contributed by atoms with Gasteiger partial charge in [-0.1, -0.05) is 37.6 Å². The zero-order valence-corrected chi connectivity index (χ0v) is 12.8. The largest absolute Gasteiger partial charge is 0.378 e. The molecule has 0 amide bonds. The average Bonchev–Trinajstić information content (AvgIpc) is 2.37. The Bertz CT molecular complexity index is 367. The van der Waals surface area contributed by atoms with Crippen LogP contribution in [0.1, 0.15) is 56.0 Å². The molecule has 1 nitrogen and oxygen atoms in total. The van der Waals surface area contributed by atoms with Crippen LogP contribution in [0.25, 0.3) is 0 Å². The van der Waals surface area contributed by atoms with Gasteiger partial charge in [0.15, 0.2) is 0 Å². The molecular formula is C17H25ClO. The van der Waals surface area contributed by atoms with Gasteiger partial charge < -0.3 is 4.74 Å². The molecule has 0 radical (unpaired) electrons. The van der Waals surface area contributed by atoms with Gasteiger partial charge in [-0.15, -0.1) is 11.6 Å². The smallest absolute Gasteiger partial charge is 0.0587 e. The SMILES string of the molecule is CCCc1ccc(C(Cl)CC2CC(OCC)C2)cc1. The second kappa shape index (κ2) is 7.31. The summed E-state index contributed by atoms with van der Waals surface area (Å²) in [4.78, 5) is 0. The highest BCUT2D eigenvalue weighted by Gasteiger charge is 2.31. The maximum absolute atomic E-state index is 6.53. The fourth-order valence-corrected chi connectivity index (χ4v) is 3.25.